The van der Waals surface area contributed by atoms with Crippen LogP contribution in [-0.4, -0.2) is 33.2 Å². The normalized spacial score (nSPS) is 13.7. The molecule has 0 aliphatic heterocycles. The summed E-state index contributed by atoms with van der Waals surface area (Å²) in [4.78, 5) is 23.1. The Bertz CT molecular complexity index is 582. The first-order valence-corrected chi connectivity index (χ1v) is 7.57. The SMILES string of the molecule is CC(C)(C)c1cc(C(=O)CC(O)C(=O)O)cc(C(C)(C)C)c1O. The summed E-state index contributed by atoms with van der Waals surface area (Å²) >= 11 is 0. The molecular formula is C18H26O5. The number of rotatable bonds is 4. The summed E-state index contributed by atoms with van der Waals surface area (Å²) < 4.78 is 0. The fourth-order valence-electron chi connectivity index (χ4n) is 2.32. The first-order chi connectivity index (χ1) is 10.2. The number of Topliss-reactive ketones (excluding diaryl/α,β-unsaturated/α-hetero) is 1. The zero-order chi connectivity index (χ0) is 18.2. The molecule has 5 heteroatoms. The van der Waals surface area contributed by atoms with Crippen LogP contribution in [0.25, 0.3) is 0 Å². The van der Waals surface area contributed by atoms with Gasteiger partial charge in [0.15, 0.2) is 11.9 Å². The third kappa shape index (κ3) is 4.55. The summed E-state index contributed by atoms with van der Waals surface area (Å²) in [6.45, 7) is 11.6. The first kappa shape index (κ1) is 19.2. The molecule has 1 aromatic rings. The highest BCUT2D eigenvalue weighted by Gasteiger charge is 2.28. The van der Waals surface area contributed by atoms with Gasteiger partial charge in [-0.25, -0.2) is 4.79 Å². The predicted molar refractivity (Wildman–Crippen MR) is 88.1 cm³/mol. The lowest BCUT2D eigenvalue weighted by molar-refractivity contribution is -0.146. The van der Waals surface area contributed by atoms with Crippen LogP contribution in [-0.2, 0) is 15.6 Å². The van der Waals surface area contributed by atoms with E-state index < -0.39 is 24.3 Å². The van der Waals surface area contributed by atoms with Crippen molar-refractivity contribution < 1.29 is 24.9 Å². The summed E-state index contributed by atoms with van der Waals surface area (Å²) in [5.41, 5.74) is 0.784. The van der Waals surface area contributed by atoms with Gasteiger partial charge in [0, 0.05) is 23.1 Å². The monoisotopic (exact) mass is 322 g/mol. The number of aromatic hydroxyl groups is 1. The smallest absolute Gasteiger partial charge is 0.332 e. The number of aliphatic hydroxyl groups excluding tert-OH is 1. The second-order valence-corrected chi connectivity index (χ2v) is 7.90. The van der Waals surface area contributed by atoms with Crippen molar-refractivity contribution in [3.8, 4) is 5.75 Å². The maximum Gasteiger partial charge on any atom is 0.332 e. The predicted octanol–water partition coefficient (Wildman–Crippen LogP) is 3.01. The molecule has 1 atom stereocenters. The third-order valence-electron chi connectivity index (χ3n) is 3.71. The Hall–Kier alpha value is -1.88. The molecule has 1 aromatic carbocycles. The van der Waals surface area contributed by atoms with Crippen molar-refractivity contribution in [1.82, 2.24) is 0 Å². The molecule has 0 aliphatic rings. The Morgan fingerprint density at radius 2 is 1.39 bits per heavy atom. The number of hydrogen-bond acceptors (Lipinski definition) is 4. The van der Waals surface area contributed by atoms with Crippen LogP contribution in [0.3, 0.4) is 0 Å². The fourth-order valence-corrected chi connectivity index (χ4v) is 2.32. The molecule has 0 saturated heterocycles. The molecule has 1 rings (SSSR count). The Kier molecular flexibility index (Phi) is 5.27. The van der Waals surface area contributed by atoms with Gasteiger partial charge in [0.25, 0.3) is 0 Å². The van der Waals surface area contributed by atoms with Crippen LogP contribution in [0.4, 0.5) is 0 Å². The second kappa shape index (κ2) is 6.32. The molecule has 5 nitrogen and oxygen atoms in total. The van der Waals surface area contributed by atoms with E-state index in [0.717, 1.165) is 0 Å². The Labute approximate surface area is 137 Å². The van der Waals surface area contributed by atoms with Crippen LogP contribution in [0.1, 0.15) is 69.4 Å². The highest BCUT2D eigenvalue weighted by molar-refractivity contribution is 5.99. The molecule has 128 valence electrons. The number of aliphatic hydroxyl groups is 1. The minimum absolute atomic E-state index is 0.153. The number of hydrogen-bond donors (Lipinski definition) is 3. The number of carboxylic acids is 1. The summed E-state index contributed by atoms with van der Waals surface area (Å²) in [6.07, 6.45) is -2.22. The number of phenols is 1. The summed E-state index contributed by atoms with van der Waals surface area (Å²) in [6, 6.07) is 3.17. The topological polar surface area (TPSA) is 94.8 Å². The van der Waals surface area contributed by atoms with Gasteiger partial charge >= 0.3 is 5.97 Å². The summed E-state index contributed by atoms with van der Waals surface area (Å²) in [7, 11) is 0. The van der Waals surface area contributed by atoms with Gasteiger partial charge in [-0.05, 0) is 23.0 Å². The van der Waals surface area contributed by atoms with Gasteiger partial charge in [0.05, 0.1) is 0 Å². The number of carbonyl (C=O) groups excluding carboxylic acids is 1. The van der Waals surface area contributed by atoms with Gasteiger partial charge in [-0.15, -0.1) is 0 Å². The number of aliphatic carboxylic acids is 1. The molecule has 0 heterocycles. The Balaban J connectivity index is 3.45. The molecule has 0 saturated carbocycles. The number of benzene rings is 1. The van der Waals surface area contributed by atoms with Crippen LogP contribution in [0, 0.1) is 0 Å². The van der Waals surface area contributed by atoms with Gasteiger partial charge in [-0.1, -0.05) is 41.5 Å². The largest absolute Gasteiger partial charge is 0.507 e. The van der Waals surface area contributed by atoms with Crippen LogP contribution >= 0.6 is 0 Å². The van der Waals surface area contributed by atoms with Crippen LogP contribution in [0.5, 0.6) is 5.75 Å². The van der Waals surface area contributed by atoms with E-state index >= 15 is 0 Å². The van der Waals surface area contributed by atoms with E-state index in [1.54, 1.807) is 12.1 Å². The molecule has 23 heavy (non-hydrogen) atoms. The van der Waals surface area contributed by atoms with Crippen molar-refractivity contribution >= 4 is 11.8 Å². The molecule has 0 spiro atoms. The van der Waals surface area contributed by atoms with Crippen molar-refractivity contribution in [2.24, 2.45) is 0 Å². The molecule has 3 N–H and O–H groups in total. The molecule has 0 aliphatic carbocycles. The van der Waals surface area contributed by atoms with Crippen molar-refractivity contribution in [1.29, 1.82) is 0 Å². The Morgan fingerprint density at radius 3 is 1.70 bits per heavy atom. The minimum atomic E-state index is -1.73. The van der Waals surface area contributed by atoms with Crippen molar-refractivity contribution in [3.05, 3.63) is 28.8 Å². The van der Waals surface area contributed by atoms with E-state index in [9.17, 15) is 19.8 Å². The van der Waals surface area contributed by atoms with Crippen LogP contribution in [0.15, 0.2) is 12.1 Å². The highest BCUT2D eigenvalue weighted by atomic mass is 16.4. The molecular weight excluding hydrogens is 296 g/mol. The van der Waals surface area contributed by atoms with Crippen molar-refractivity contribution in [2.45, 2.75) is 64.9 Å². The fraction of sp³-hybridized carbons (Fsp3) is 0.556. The average Bonchev–Trinajstić information content (AvgIpc) is 2.35. The molecule has 1 unspecified atom stereocenters. The quantitative estimate of drug-likeness (QED) is 0.741. The number of phenolic OH excluding ortho intramolecular Hbond substituents is 1. The average molecular weight is 322 g/mol. The van der Waals surface area contributed by atoms with Gasteiger partial charge in [-0.3, -0.25) is 4.79 Å². The standard InChI is InChI=1S/C18H26O5/c1-17(2,3)11-7-10(13(19)9-14(20)16(22)23)8-12(15(11)21)18(4,5)6/h7-8,14,20-21H,9H2,1-6H3,(H,22,23). The van der Waals surface area contributed by atoms with E-state index in [0.29, 0.717) is 16.7 Å². The Morgan fingerprint density at radius 1 is 1.00 bits per heavy atom. The summed E-state index contributed by atoms with van der Waals surface area (Å²) in [5, 5.41) is 28.7. The zero-order valence-corrected chi connectivity index (χ0v) is 14.6. The molecule has 0 radical (unpaired) electrons. The van der Waals surface area contributed by atoms with E-state index in [2.05, 4.69) is 0 Å². The maximum absolute atomic E-state index is 12.3. The van der Waals surface area contributed by atoms with Crippen molar-refractivity contribution in [2.75, 3.05) is 0 Å². The van der Waals surface area contributed by atoms with Gasteiger partial charge in [-0.2, -0.15) is 0 Å². The van der Waals surface area contributed by atoms with E-state index in [1.165, 1.54) is 0 Å². The van der Waals surface area contributed by atoms with Crippen LogP contribution < -0.4 is 0 Å². The first-order valence-electron chi connectivity index (χ1n) is 7.57. The third-order valence-corrected chi connectivity index (χ3v) is 3.71. The lowest BCUT2D eigenvalue weighted by atomic mass is 9.78. The minimum Gasteiger partial charge on any atom is -0.507 e. The molecule has 0 fully saturated rings. The number of ketones is 1. The van der Waals surface area contributed by atoms with Gasteiger partial charge < -0.3 is 15.3 Å². The van der Waals surface area contributed by atoms with Gasteiger partial charge in [0.2, 0.25) is 0 Å². The highest BCUT2D eigenvalue weighted by Crippen LogP contribution is 2.40. The lowest BCUT2D eigenvalue weighted by Gasteiger charge is -2.28. The van der Waals surface area contributed by atoms with E-state index in [4.69, 9.17) is 5.11 Å². The molecule has 0 amide bonds. The molecule has 0 aromatic heterocycles. The van der Waals surface area contributed by atoms with Gasteiger partial charge in [0.1, 0.15) is 5.75 Å². The van der Waals surface area contributed by atoms with E-state index in [1.807, 2.05) is 41.5 Å². The van der Waals surface area contributed by atoms with E-state index in [-0.39, 0.29) is 16.6 Å². The van der Waals surface area contributed by atoms with Crippen molar-refractivity contribution in [3.63, 3.8) is 0 Å². The second-order valence-electron chi connectivity index (χ2n) is 7.90. The molecule has 0 bridgehead atoms. The number of carboxylic acid groups (broad SMARTS) is 1. The lowest BCUT2D eigenvalue weighted by Crippen LogP contribution is -2.24. The number of carbonyl (C=O) groups is 2. The van der Waals surface area contributed by atoms with Crippen LogP contribution in [0.2, 0.25) is 0 Å². The maximum atomic E-state index is 12.3. The summed E-state index contributed by atoms with van der Waals surface area (Å²) in [5.74, 6) is -1.74. The zero-order valence-electron chi connectivity index (χ0n) is 14.6.